The van der Waals surface area contributed by atoms with Gasteiger partial charge in [-0.25, -0.2) is 0 Å². The van der Waals surface area contributed by atoms with Crippen LogP contribution >= 0.6 is 0 Å². The first kappa shape index (κ1) is 5.10. The molecule has 0 bridgehead atoms. The molecule has 1 heterocycles. The summed E-state index contributed by atoms with van der Waals surface area (Å²) in [6.45, 7) is 1.34. The minimum atomic E-state index is 0.427. The second kappa shape index (κ2) is 2.31. The topological polar surface area (TPSA) is 39.4 Å². The molecule has 3 heteroatoms. The van der Waals surface area contributed by atoms with E-state index in [2.05, 4.69) is 5.10 Å². The van der Waals surface area contributed by atoms with Gasteiger partial charge in [0.15, 0.2) is 0 Å². The summed E-state index contributed by atoms with van der Waals surface area (Å²) in [6, 6.07) is 2.02. The van der Waals surface area contributed by atoms with E-state index in [1.165, 1.54) is 0 Å². The molecular weight excluding hydrogens is 102 g/mol. The monoisotopic (exact) mass is 109 g/mol. The number of nitriles is 1. The summed E-state index contributed by atoms with van der Waals surface area (Å²) in [4.78, 5) is 0. The molecule has 0 saturated carbocycles. The lowest BCUT2D eigenvalue weighted by Gasteiger charge is -2.05. The van der Waals surface area contributed by atoms with Crippen LogP contribution in [0.4, 0.5) is 0 Å². The molecule has 0 spiro atoms. The van der Waals surface area contributed by atoms with Gasteiger partial charge in [-0.1, -0.05) is 0 Å². The Bertz CT molecular complexity index is 133. The van der Waals surface area contributed by atoms with Crippen molar-refractivity contribution in [3.63, 3.8) is 0 Å². The quantitative estimate of drug-likeness (QED) is 0.451. The molecule has 0 aromatic carbocycles. The molecule has 8 heavy (non-hydrogen) atoms. The van der Waals surface area contributed by atoms with E-state index in [4.69, 9.17) is 5.26 Å². The van der Waals surface area contributed by atoms with Crippen LogP contribution in [0.5, 0.6) is 0 Å². The third-order valence-electron chi connectivity index (χ3n) is 1.01. The zero-order valence-corrected chi connectivity index (χ0v) is 4.54. The van der Waals surface area contributed by atoms with Crippen molar-refractivity contribution in [2.24, 2.45) is 5.10 Å². The standard InChI is InChI=1S/C5H7N3/c6-2-5-8-4-1-3-7-8/h3H,1,4-5H2. The van der Waals surface area contributed by atoms with Gasteiger partial charge >= 0.3 is 0 Å². The number of rotatable bonds is 1. The summed E-state index contributed by atoms with van der Waals surface area (Å²) in [7, 11) is 0. The van der Waals surface area contributed by atoms with Gasteiger partial charge in [-0.3, -0.25) is 5.01 Å². The highest BCUT2D eigenvalue weighted by Crippen LogP contribution is 1.96. The van der Waals surface area contributed by atoms with E-state index in [0.29, 0.717) is 6.54 Å². The lowest BCUT2D eigenvalue weighted by Crippen LogP contribution is -2.13. The van der Waals surface area contributed by atoms with Crippen LogP contribution in [-0.4, -0.2) is 24.3 Å². The van der Waals surface area contributed by atoms with Crippen molar-refractivity contribution in [3.8, 4) is 6.07 Å². The molecule has 1 aliphatic rings. The second-order valence-electron chi connectivity index (χ2n) is 1.63. The van der Waals surface area contributed by atoms with Crippen LogP contribution in [0.25, 0.3) is 0 Å². The van der Waals surface area contributed by atoms with Crippen LogP contribution in [0, 0.1) is 11.3 Å². The summed E-state index contributed by atoms with van der Waals surface area (Å²) >= 11 is 0. The largest absolute Gasteiger partial charge is 0.283 e. The Kier molecular flexibility index (Phi) is 1.48. The third-order valence-corrected chi connectivity index (χ3v) is 1.01. The molecule has 0 aliphatic carbocycles. The van der Waals surface area contributed by atoms with Crippen molar-refractivity contribution >= 4 is 6.21 Å². The zero-order valence-electron chi connectivity index (χ0n) is 4.54. The van der Waals surface area contributed by atoms with E-state index in [0.717, 1.165) is 13.0 Å². The second-order valence-corrected chi connectivity index (χ2v) is 1.63. The maximum Gasteiger partial charge on any atom is 0.123 e. The fourth-order valence-electron chi connectivity index (χ4n) is 0.639. The van der Waals surface area contributed by atoms with Gasteiger partial charge in [-0.15, -0.1) is 0 Å². The summed E-state index contributed by atoms with van der Waals surface area (Å²) in [5.74, 6) is 0. The Hall–Kier alpha value is -1.04. The lowest BCUT2D eigenvalue weighted by molar-refractivity contribution is 0.358. The summed E-state index contributed by atoms with van der Waals surface area (Å²) in [6.07, 6.45) is 2.82. The molecule has 0 fully saturated rings. The number of hydrogen-bond donors (Lipinski definition) is 0. The van der Waals surface area contributed by atoms with Gasteiger partial charge in [-0.2, -0.15) is 10.4 Å². The van der Waals surface area contributed by atoms with Crippen molar-refractivity contribution in [2.75, 3.05) is 13.1 Å². The predicted octanol–water partition coefficient (Wildman–Crippen LogP) is 0.201. The smallest absolute Gasteiger partial charge is 0.123 e. The minimum absolute atomic E-state index is 0.427. The van der Waals surface area contributed by atoms with Gasteiger partial charge in [-0.05, 0) is 0 Å². The molecule has 0 radical (unpaired) electrons. The van der Waals surface area contributed by atoms with E-state index >= 15 is 0 Å². The highest BCUT2D eigenvalue weighted by Gasteiger charge is 2.01. The third kappa shape index (κ3) is 0.969. The molecule has 1 rings (SSSR count). The molecule has 0 amide bonds. The average Bonchev–Trinajstić information content (AvgIpc) is 2.19. The molecule has 0 aromatic heterocycles. The van der Waals surface area contributed by atoms with Crippen LogP contribution in [0.1, 0.15) is 6.42 Å². The minimum Gasteiger partial charge on any atom is -0.283 e. The normalized spacial score (nSPS) is 16.6. The average molecular weight is 109 g/mol. The SMILES string of the molecule is N#CCN1CCC=N1. The molecule has 1 aliphatic heterocycles. The first-order chi connectivity index (χ1) is 3.93. The van der Waals surface area contributed by atoms with E-state index < -0.39 is 0 Å². The van der Waals surface area contributed by atoms with Crippen molar-refractivity contribution in [1.29, 1.82) is 5.26 Å². The number of hydrazone groups is 1. The van der Waals surface area contributed by atoms with Gasteiger partial charge in [0.05, 0.1) is 6.07 Å². The molecule has 0 atom stereocenters. The molecule has 0 N–H and O–H groups in total. The fourth-order valence-corrected chi connectivity index (χ4v) is 0.639. The van der Waals surface area contributed by atoms with E-state index in [9.17, 15) is 0 Å². The maximum absolute atomic E-state index is 8.16. The lowest BCUT2D eigenvalue weighted by atomic mass is 10.5. The van der Waals surface area contributed by atoms with Crippen LogP contribution in [0.3, 0.4) is 0 Å². The molecule has 42 valence electrons. The summed E-state index contributed by atoms with van der Waals surface area (Å²) in [5.41, 5.74) is 0. The number of nitrogens with zero attached hydrogens (tertiary/aromatic N) is 3. The predicted molar refractivity (Wildman–Crippen MR) is 30.3 cm³/mol. The summed E-state index contributed by atoms with van der Waals surface area (Å²) in [5, 5.41) is 13.8. The Morgan fingerprint density at radius 3 is 3.25 bits per heavy atom. The van der Waals surface area contributed by atoms with Crippen LogP contribution in [-0.2, 0) is 0 Å². The van der Waals surface area contributed by atoms with Crippen LogP contribution in [0.2, 0.25) is 0 Å². The van der Waals surface area contributed by atoms with E-state index in [-0.39, 0.29) is 0 Å². The summed E-state index contributed by atoms with van der Waals surface area (Å²) < 4.78 is 0. The molecule has 0 unspecified atom stereocenters. The van der Waals surface area contributed by atoms with Crippen molar-refractivity contribution in [2.45, 2.75) is 6.42 Å². The van der Waals surface area contributed by atoms with E-state index in [1.54, 1.807) is 5.01 Å². The van der Waals surface area contributed by atoms with Crippen molar-refractivity contribution in [1.82, 2.24) is 5.01 Å². The molecule has 3 nitrogen and oxygen atoms in total. The Morgan fingerprint density at radius 1 is 1.88 bits per heavy atom. The van der Waals surface area contributed by atoms with Crippen molar-refractivity contribution in [3.05, 3.63) is 0 Å². The van der Waals surface area contributed by atoms with Gasteiger partial charge in [0.25, 0.3) is 0 Å². The highest BCUT2D eigenvalue weighted by molar-refractivity contribution is 5.58. The Morgan fingerprint density at radius 2 is 2.75 bits per heavy atom. The number of hydrogen-bond acceptors (Lipinski definition) is 3. The first-order valence-electron chi connectivity index (χ1n) is 2.58. The fraction of sp³-hybridized carbons (Fsp3) is 0.600. The van der Waals surface area contributed by atoms with Gasteiger partial charge in [0, 0.05) is 19.2 Å². The Labute approximate surface area is 48.2 Å². The van der Waals surface area contributed by atoms with E-state index in [1.807, 2.05) is 12.3 Å². The Balaban J connectivity index is 2.28. The van der Waals surface area contributed by atoms with Gasteiger partial charge < -0.3 is 0 Å². The first-order valence-corrected chi connectivity index (χ1v) is 2.58. The highest BCUT2D eigenvalue weighted by atomic mass is 15.5. The zero-order chi connectivity index (χ0) is 5.82. The maximum atomic E-state index is 8.16. The van der Waals surface area contributed by atoms with Gasteiger partial charge in [0.1, 0.15) is 6.54 Å². The molecular formula is C5H7N3. The van der Waals surface area contributed by atoms with Crippen LogP contribution in [0.15, 0.2) is 5.10 Å². The van der Waals surface area contributed by atoms with Crippen molar-refractivity contribution < 1.29 is 0 Å². The van der Waals surface area contributed by atoms with Gasteiger partial charge in [0.2, 0.25) is 0 Å². The van der Waals surface area contributed by atoms with Crippen LogP contribution < -0.4 is 0 Å². The molecule has 0 saturated heterocycles. The molecule has 0 aromatic rings.